The number of imidazole rings is 1. The van der Waals surface area contributed by atoms with Crippen LogP contribution in [0.15, 0.2) is 12.4 Å². The van der Waals surface area contributed by atoms with Crippen LogP contribution in [-0.4, -0.2) is 39.4 Å². The topological polar surface area (TPSA) is 21.1 Å². The Labute approximate surface area is 101 Å². The zero-order valence-electron chi connectivity index (χ0n) is 9.78. The maximum Gasteiger partial charge on any atom is 0.105 e. The average molecular weight is 274 g/mol. The van der Waals surface area contributed by atoms with Crippen LogP contribution in [0.4, 0.5) is 0 Å². The fourth-order valence-electron chi connectivity index (χ4n) is 1.43. The lowest BCUT2D eigenvalue weighted by molar-refractivity contribution is 0.314. The van der Waals surface area contributed by atoms with E-state index in [1.807, 2.05) is 19.3 Å². The minimum Gasteiger partial charge on any atom is -0.334 e. The fraction of sp³-hybridized carbons (Fsp3) is 0.727. The molecule has 0 fully saturated rings. The summed E-state index contributed by atoms with van der Waals surface area (Å²) in [6, 6.07) is 0. The lowest BCUT2D eigenvalue weighted by Gasteiger charge is -2.17. The van der Waals surface area contributed by atoms with Crippen LogP contribution in [0, 0.1) is 6.92 Å². The van der Waals surface area contributed by atoms with Crippen LogP contribution in [-0.2, 0) is 6.54 Å². The molecule has 0 saturated carbocycles. The van der Waals surface area contributed by atoms with Gasteiger partial charge in [0.2, 0.25) is 0 Å². The van der Waals surface area contributed by atoms with Gasteiger partial charge in [-0.25, -0.2) is 4.98 Å². The van der Waals surface area contributed by atoms with Gasteiger partial charge in [0.05, 0.1) is 0 Å². The van der Waals surface area contributed by atoms with Gasteiger partial charge < -0.3 is 9.47 Å². The molecule has 0 aliphatic heterocycles. The molecule has 4 heteroatoms. The quantitative estimate of drug-likeness (QED) is 0.742. The number of halogens is 1. The average Bonchev–Trinajstić information content (AvgIpc) is 2.58. The molecule has 0 amide bonds. The zero-order chi connectivity index (χ0) is 11.3. The molecule has 0 radical (unpaired) electrons. The molecule has 86 valence electrons. The summed E-state index contributed by atoms with van der Waals surface area (Å²) < 4.78 is 2.19. The van der Waals surface area contributed by atoms with E-state index in [-0.39, 0.29) is 0 Å². The Morgan fingerprint density at radius 2 is 2.27 bits per heavy atom. The molecule has 0 spiro atoms. The van der Waals surface area contributed by atoms with Crippen molar-refractivity contribution in [3.05, 3.63) is 18.2 Å². The highest BCUT2D eigenvalue weighted by molar-refractivity contribution is 9.09. The van der Waals surface area contributed by atoms with E-state index in [1.165, 1.54) is 6.42 Å². The highest BCUT2D eigenvalue weighted by Gasteiger charge is 2.02. The van der Waals surface area contributed by atoms with Crippen molar-refractivity contribution in [3.63, 3.8) is 0 Å². The van der Waals surface area contributed by atoms with Crippen molar-refractivity contribution in [2.75, 3.05) is 20.1 Å². The Morgan fingerprint density at radius 3 is 2.80 bits per heavy atom. The largest absolute Gasteiger partial charge is 0.334 e. The Morgan fingerprint density at radius 1 is 1.53 bits per heavy atom. The first-order valence-electron chi connectivity index (χ1n) is 5.40. The summed E-state index contributed by atoms with van der Waals surface area (Å²) in [4.78, 5) is 7.17. The molecule has 0 aliphatic rings. The molecule has 3 nitrogen and oxygen atoms in total. The molecule has 1 unspecified atom stereocenters. The van der Waals surface area contributed by atoms with Gasteiger partial charge in [0, 0.05) is 30.3 Å². The molecule has 0 aliphatic carbocycles. The van der Waals surface area contributed by atoms with E-state index in [1.54, 1.807) is 0 Å². The standard InChI is InChI=1S/C11H20BrN3/c1-10(12)4-6-14(3)8-9-15-7-5-13-11(15)2/h5,7,10H,4,6,8-9H2,1-3H3. The highest BCUT2D eigenvalue weighted by Crippen LogP contribution is 2.04. The molecule has 0 saturated heterocycles. The summed E-state index contributed by atoms with van der Waals surface area (Å²) in [5.41, 5.74) is 0. The van der Waals surface area contributed by atoms with E-state index < -0.39 is 0 Å². The van der Waals surface area contributed by atoms with Crippen LogP contribution in [0.25, 0.3) is 0 Å². The second-order valence-corrected chi connectivity index (χ2v) is 5.60. The summed E-state index contributed by atoms with van der Waals surface area (Å²) in [6.07, 6.45) is 5.09. The number of aromatic nitrogens is 2. The van der Waals surface area contributed by atoms with Crippen molar-refractivity contribution in [1.82, 2.24) is 14.5 Å². The van der Waals surface area contributed by atoms with Crippen molar-refractivity contribution < 1.29 is 0 Å². The Hall–Kier alpha value is -0.350. The fourth-order valence-corrected chi connectivity index (χ4v) is 1.63. The third kappa shape index (κ3) is 4.80. The van der Waals surface area contributed by atoms with Gasteiger partial charge >= 0.3 is 0 Å². The van der Waals surface area contributed by atoms with E-state index in [2.05, 4.69) is 44.4 Å². The second-order valence-electron chi connectivity index (χ2n) is 4.04. The van der Waals surface area contributed by atoms with Crippen LogP contribution in [0.5, 0.6) is 0 Å². The molecule has 0 aromatic carbocycles. The van der Waals surface area contributed by atoms with Crippen molar-refractivity contribution in [2.24, 2.45) is 0 Å². The highest BCUT2D eigenvalue weighted by atomic mass is 79.9. The van der Waals surface area contributed by atoms with Crippen LogP contribution in [0.2, 0.25) is 0 Å². The normalized spacial score (nSPS) is 13.4. The van der Waals surface area contributed by atoms with Gasteiger partial charge in [-0.15, -0.1) is 0 Å². The summed E-state index contributed by atoms with van der Waals surface area (Å²) in [7, 11) is 2.17. The minimum atomic E-state index is 0.606. The predicted molar refractivity (Wildman–Crippen MR) is 67.5 cm³/mol. The Balaban J connectivity index is 2.22. The molecular weight excluding hydrogens is 254 g/mol. The predicted octanol–water partition coefficient (Wildman–Crippen LogP) is 2.30. The van der Waals surface area contributed by atoms with Crippen molar-refractivity contribution in [3.8, 4) is 0 Å². The van der Waals surface area contributed by atoms with Crippen LogP contribution >= 0.6 is 15.9 Å². The third-order valence-electron chi connectivity index (χ3n) is 2.55. The van der Waals surface area contributed by atoms with Crippen molar-refractivity contribution in [1.29, 1.82) is 0 Å². The summed E-state index contributed by atoms with van der Waals surface area (Å²) in [5, 5.41) is 0. The van der Waals surface area contributed by atoms with Gasteiger partial charge in [-0.05, 0) is 26.9 Å². The smallest absolute Gasteiger partial charge is 0.105 e. The van der Waals surface area contributed by atoms with Crippen molar-refractivity contribution in [2.45, 2.75) is 31.6 Å². The van der Waals surface area contributed by atoms with E-state index >= 15 is 0 Å². The minimum absolute atomic E-state index is 0.606. The van der Waals surface area contributed by atoms with Crippen LogP contribution in [0.3, 0.4) is 0 Å². The first kappa shape index (κ1) is 12.7. The third-order valence-corrected chi connectivity index (χ3v) is 3.01. The lowest BCUT2D eigenvalue weighted by Crippen LogP contribution is -2.25. The van der Waals surface area contributed by atoms with Gasteiger partial charge in [-0.3, -0.25) is 0 Å². The summed E-state index contributed by atoms with van der Waals surface area (Å²) >= 11 is 3.56. The van der Waals surface area contributed by atoms with E-state index in [0.29, 0.717) is 4.83 Å². The molecule has 0 bridgehead atoms. The molecule has 1 rings (SSSR count). The number of likely N-dealkylation sites (N-methyl/N-ethyl adjacent to an activating group) is 1. The maximum absolute atomic E-state index is 4.21. The number of hydrogen-bond donors (Lipinski definition) is 0. The number of nitrogens with zero attached hydrogens (tertiary/aromatic N) is 3. The summed E-state index contributed by atoms with van der Waals surface area (Å²) in [5.74, 6) is 1.09. The number of aryl methyl sites for hydroxylation is 1. The summed E-state index contributed by atoms with van der Waals surface area (Å²) in [6.45, 7) is 7.48. The lowest BCUT2D eigenvalue weighted by atomic mass is 10.3. The monoisotopic (exact) mass is 273 g/mol. The van der Waals surface area contributed by atoms with Gasteiger partial charge in [0.1, 0.15) is 5.82 Å². The molecular formula is C11H20BrN3. The SMILES string of the molecule is Cc1nccn1CCN(C)CCC(C)Br. The van der Waals surface area contributed by atoms with Crippen LogP contribution in [0.1, 0.15) is 19.2 Å². The molecule has 1 aromatic heterocycles. The first-order valence-corrected chi connectivity index (χ1v) is 6.31. The first-order chi connectivity index (χ1) is 7.09. The maximum atomic E-state index is 4.21. The van der Waals surface area contributed by atoms with Gasteiger partial charge in [0.15, 0.2) is 0 Å². The zero-order valence-corrected chi connectivity index (χ0v) is 11.4. The van der Waals surface area contributed by atoms with E-state index in [0.717, 1.165) is 25.5 Å². The molecule has 15 heavy (non-hydrogen) atoms. The second kappa shape index (κ2) is 6.28. The van der Waals surface area contributed by atoms with Crippen molar-refractivity contribution >= 4 is 15.9 Å². The Bertz CT molecular complexity index is 283. The number of hydrogen-bond acceptors (Lipinski definition) is 2. The molecule has 1 atom stereocenters. The van der Waals surface area contributed by atoms with Gasteiger partial charge in [0.25, 0.3) is 0 Å². The number of alkyl halides is 1. The molecule has 1 aromatic rings. The van der Waals surface area contributed by atoms with E-state index in [4.69, 9.17) is 0 Å². The Kier molecular flexibility index (Phi) is 5.32. The molecule has 1 heterocycles. The van der Waals surface area contributed by atoms with Crippen LogP contribution < -0.4 is 0 Å². The van der Waals surface area contributed by atoms with Gasteiger partial charge in [-0.2, -0.15) is 0 Å². The van der Waals surface area contributed by atoms with Gasteiger partial charge in [-0.1, -0.05) is 22.9 Å². The van der Waals surface area contributed by atoms with E-state index in [9.17, 15) is 0 Å². The molecule has 0 N–H and O–H groups in total. The number of rotatable bonds is 6.